The van der Waals surface area contributed by atoms with Gasteiger partial charge in [0.1, 0.15) is 25.6 Å². The van der Waals surface area contributed by atoms with E-state index in [-0.39, 0.29) is 30.4 Å². The van der Waals surface area contributed by atoms with E-state index in [1.165, 1.54) is 25.6 Å². The van der Waals surface area contributed by atoms with Crippen molar-refractivity contribution in [2.75, 3.05) is 36.8 Å². The molecule has 4 aromatic heterocycles. The lowest BCUT2D eigenvalue weighted by atomic mass is 10.0. The van der Waals surface area contributed by atoms with Crippen LogP contribution in [0.2, 0.25) is 0 Å². The van der Waals surface area contributed by atoms with E-state index in [2.05, 4.69) is 91.6 Å². The molecule has 12 nitrogen and oxygen atoms in total. The first-order chi connectivity index (χ1) is 32.9. The third-order valence-electron chi connectivity index (χ3n) is 12.9. The average molecular weight is 1010 g/mol. The number of benzene rings is 2. The summed E-state index contributed by atoms with van der Waals surface area (Å²) in [6.07, 6.45) is 4.08. The van der Waals surface area contributed by atoms with Gasteiger partial charge in [-0.3, -0.25) is 19.4 Å². The number of carbonyl (C=O) groups excluding carboxylic acids is 3. The molecular weight excluding hydrogens is 941 g/mol. The maximum atomic E-state index is 13.3. The van der Waals surface area contributed by atoms with E-state index < -0.39 is 5.60 Å². The molecule has 2 aromatic carbocycles. The highest BCUT2D eigenvalue weighted by Crippen LogP contribution is 2.47. The molecule has 0 spiro atoms. The largest absolute Gasteiger partial charge is 0.444 e. The lowest BCUT2D eigenvalue weighted by Crippen LogP contribution is -2.43. The Labute approximate surface area is 425 Å². The number of aromatic nitrogens is 2. The van der Waals surface area contributed by atoms with Crippen LogP contribution in [0.5, 0.6) is 0 Å². The summed E-state index contributed by atoms with van der Waals surface area (Å²) in [6, 6.07) is 17.8. The first-order valence-corrected chi connectivity index (χ1v) is 28.0. The van der Waals surface area contributed by atoms with Gasteiger partial charge < -0.3 is 25.6 Å². The zero-order chi connectivity index (χ0) is 49.6. The summed E-state index contributed by atoms with van der Waals surface area (Å²) in [7, 11) is 0. The minimum atomic E-state index is -0.586. The van der Waals surface area contributed by atoms with Crippen molar-refractivity contribution in [3.05, 3.63) is 69.4 Å². The second-order valence-electron chi connectivity index (χ2n) is 19.8. The number of ether oxygens (including phenoxy) is 1. The van der Waals surface area contributed by atoms with Crippen molar-refractivity contribution < 1.29 is 19.1 Å². The van der Waals surface area contributed by atoms with Crippen molar-refractivity contribution in [2.24, 2.45) is 0 Å². The molecule has 6 aromatic rings. The Hall–Kier alpha value is -4.29. The van der Waals surface area contributed by atoms with Crippen LogP contribution in [0.15, 0.2) is 48.5 Å². The monoisotopic (exact) mass is 1010 g/mol. The maximum Gasteiger partial charge on any atom is 0.410 e. The molecule has 3 amide bonds. The fraction of sp³-hybridized carbons (Fsp3) is 0.528. The molecule has 8 rings (SSSR count). The molecule has 0 saturated carbocycles. The number of carbonyl (C=O) groups is 3. The van der Waals surface area contributed by atoms with E-state index in [0.717, 1.165) is 98.7 Å². The third kappa shape index (κ3) is 13.2. The molecule has 0 fully saturated rings. The van der Waals surface area contributed by atoms with Crippen molar-refractivity contribution in [1.82, 2.24) is 30.0 Å². The Morgan fingerprint density at radius 3 is 1.61 bits per heavy atom. The van der Waals surface area contributed by atoms with Crippen LogP contribution < -0.4 is 16.0 Å². The van der Waals surface area contributed by atoms with Crippen molar-refractivity contribution in [1.29, 1.82) is 0 Å². The first-order valence-electron chi connectivity index (χ1n) is 24.7. The number of rotatable bonds is 16. The minimum absolute atomic E-state index is 0.0213. The van der Waals surface area contributed by atoms with E-state index in [9.17, 15) is 14.4 Å². The van der Waals surface area contributed by atoms with Crippen LogP contribution in [0.4, 0.5) is 14.8 Å². The summed E-state index contributed by atoms with van der Waals surface area (Å²) in [4.78, 5) is 58.0. The van der Waals surface area contributed by atoms with E-state index in [1.54, 1.807) is 50.2 Å². The van der Waals surface area contributed by atoms with E-state index in [1.807, 2.05) is 58.9 Å². The third-order valence-corrected chi connectivity index (χ3v) is 17.3. The van der Waals surface area contributed by atoms with Crippen molar-refractivity contribution in [3.63, 3.8) is 0 Å². The van der Waals surface area contributed by atoms with Crippen molar-refractivity contribution >= 4 is 93.7 Å². The number of thiophene rings is 2. The fourth-order valence-electron chi connectivity index (χ4n) is 8.52. The van der Waals surface area contributed by atoms with Crippen LogP contribution in [0, 0.1) is 0 Å². The predicted molar refractivity (Wildman–Crippen MR) is 291 cm³/mol. The molecule has 16 heteroatoms. The van der Waals surface area contributed by atoms with Crippen LogP contribution in [-0.2, 0) is 40.3 Å². The molecule has 0 bridgehead atoms. The fourth-order valence-corrected chi connectivity index (χ4v) is 13.3. The number of para-hydroxylation sites is 2. The lowest BCUT2D eigenvalue weighted by Gasteiger charge is -2.31. The molecular formula is C53H72N8O4S4. The second-order valence-corrected chi connectivity index (χ2v) is 24.1. The van der Waals surface area contributed by atoms with Gasteiger partial charge in [-0.2, -0.15) is 0 Å². The van der Waals surface area contributed by atoms with Crippen LogP contribution in [0.1, 0.15) is 123 Å². The molecule has 0 aliphatic carbocycles. The first kappa shape index (κ1) is 52.5. The van der Waals surface area contributed by atoms with Gasteiger partial charge in [0.2, 0.25) is 11.8 Å². The highest BCUT2D eigenvalue weighted by atomic mass is 32.1. The zero-order valence-corrected chi connectivity index (χ0v) is 45.7. The standard InChI is InChI=1S/C29H40N4O3S2.C24H32N4OS2/c1-8-19(4)33(28(35)36-29(5,6)7)16-14-24(34)31-27-25(26-30-21-11-9-10-12-22(21)37-26)20-13-15-32(18(2)3)17-23(20)38-27;1-5-16(4)25-12-10-21(29)27-24-22(23-26-18-8-6-7-9-19(18)30-23)17-11-13-28(15(2)3)14-20(17)31-24/h9-12,18-19H,8,13-17H2,1-7H3,(H,31,34);6-9,15-16,25H,5,10-14H2,1-4H3,(H,27,29). The number of hydrogen-bond donors (Lipinski definition) is 3. The summed E-state index contributed by atoms with van der Waals surface area (Å²) >= 11 is 6.79. The lowest BCUT2D eigenvalue weighted by molar-refractivity contribution is -0.117. The van der Waals surface area contributed by atoms with Crippen LogP contribution in [0.3, 0.4) is 0 Å². The molecule has 0 radical (unpaired) electrons. The summed E-state index contributed by atoms with van der Waals surface area (Å²) in [5.74, 6) is -0.0407. The molecule has 2 aliphatic heterocycles. The van der Waals surface area contributed by atoms with Crippen LogP contribution in [0.25, 0.3) is 41.6 Å². The molecule has 372 valence electrons. The molecule has 2 unspecified atom stereocenters. The topological polar surface area (TPSA) is 132 Å². The van der Waals surface area contributed by atoms with Gasteiger partial charge in [0, 0.05) is 97.2 Å². The Balaban J connectivity index is 0.000000208. The Kier molecular flexibility index (Phi) is 17.7. The molecule has 2 atom stereocenters. The highest BCUT2D eigenvalue weighted by molar-refractivity contribution is 7.23. The molecule has 69 heavy (non-hydrogen) atoms. The summed E-state index contributed by atoms with van der Waals surface area (Å²) in [5, 5.41) is 13.6. The van der Waals surface area contributed by atoms with Gasteiger partial charge in [-0.25, -0.2) is 14.8 Å². The molecule has 2 aliphatic rings. The van der Waals surface area contributed by atoms with Gasteiger partial charge in [-0.15, -0.1) is 45.3 Å². The molecule has 6 heterocycles. The van der Waals surface area contributed by atoms with Gasteiger partial charge in [-0.1, -0.05) is 38.1 Å². The zero-order valence-electron chi connectivity index (χ0n) is 42.4. The molecule has 3 N–H and O–H groups in total. The molecule has 0 saturated heterocycles. The maximum absolute atomic E-state index is 13.3. The number of anilines is 2. The van der Waals surface area contributed by atoms with E-state index >= 15 is 0 Å². The number of amides is 3. The second kappa shape index (κ2) is 23.3. The number of nitrogens with zero attached hydrogens (tertiary/aromatic N) is 5. The normalized spacial score (nSPS) is 15.1. The summed E-state index contributed by atoms with van der Waals surface area (Å²) < 4.78 is 7.94. The van der Waals surface area contributed by atoms with E-state index in [4.69, 9.17) is 14.7 Å². The van der Waals surface area contributed by atoms with Gasteiger partial charge in [0.15, 0.2) is 0 Å². The Morgan fingerprint density at radius 1 is 0.696 bits per heavy atom. The number of fused-ring (bicyclic) bond motifs is 4. The summed E-state index contributed by atoms with van der Waals surface area (Å²) in [6.45, 7) is 27.7. The quantitative estimate of drug-likeness (QED) is 0.0867. The van der Waals surface area contributed by atoms with Gasteiger partial charge >= 0.3 is 6.09 Å². The Bertz CT molecular complexity index is 2650. The van der Waals surface area contributed by atoms with Crippen molar-refractivity contribution in [2.45, 2.75) is 158 Å². The summed E-state index contributed by atoms with van der Waals surface area (Å²) in [5.41, 5.74) is 6.30. The Morgan fingerprint density at radius 2 is 1.17 bits per heavy atom. The van der Waals surface area contributed by atoms with Crippen LogP contribution >= 0.6 is 45.3 Å². The highest BCUT2D eigenvalue weighted by Gasteiger charge is 2.31. The van der Waals surface area contributed by atoms with Gasteiger partial charge in [0.25, 0.3) is 0 Å². The van der Waals surface area contributed by atoms with Crippen molar-refractivity contribution in [3.8, 4) is 21.1 Å². The number of thiazole rings is 2. The smallest absolute Gasteiger partial charge is 0.410 e. The van der Waals surface area contributed by atoms with Gasteiger partial charge in [0.05, 0.1) is 20.4 Å². The van der Waals surface area contributed by atoms with E-state index in [0.29, 0.717) is 37.6 Å². The van der Waals surface area contributed by atoms with Gasteiger partial charge in [-0.05, 0) is 123 Å². The SMILES string of the molecule is CCC(C)N(CCC(=O)Nc1sc2c(c1-c1nc3ccccc3s1)CCN(C(C)C)C2)C(=O)OC(C)(C)C.CCC(C)NCCC(=O)Nc1sc2c(c1-c1nc3ccccc3s1)CCN(C(C)C)C2. The number of nitrogens with one attached hydrogen (secondary N) is 3. The predicted octanol–water partition coefficient (Wildman–Crippen LogP) is 12.7. The number of hydrogen-bond acceptors (Lipinski definition) is 13. The minimum Gasteiger partial charge on any atom is -0.444 e. The van der Waals surface area contributed by atoms with Crippen LogP contribution in [-0.4, -0.2) is 98.5 Å². The average Bonchev–Trinajstić information content (AvgIpc) is 4.09.